The van der Waals surface area contributed by atoms with Crippen molar-refractivity contribution in [2.45, 2.75) is 45.4 Å². The van der Waals surface area contributed by atoms with Crippen molar-refractivity contribution >= 4 is 0 Å². The van der Waals surface area contributed by atoms with Gasteiger partial charge in [0.1, 0.15) is 19.6 Å². The smallest absolute Gasteiger partial charge is 0.122 e. The fourth-order valence-corrected chi connectivity index (χ4v) is 1.74. The van der Waals surface area contributed by atoms with Crippen molar-refractivity contribution in [3.8, 4) is 0 Å². The summed E-state index contributed by atoms with van der Waals surface area (Å²) in [5.74, 6) is 0. The molecule has 1 radical (unpaired) electrons. The van der Waals surface area contributed by atoms with E-state index in [0.717, 1.165) is 0 Å². The first kappa shape index (κ1) is 9.05. The van der Waals surface area contributed by atoms with Gasteiger partial charge in [-0.2, -0.15) is 4.90 Å². The summed E-state index contributed by atoms with van der Waals surface area (Å²) in [6.45, 7) is 6.34. The largest absolute Gasteiger partial charge is 0.170 e. The molecule has 1 fully saturated rings. The monoisotopic (exact) mass is 155 g/mol. The molecule has 0 atom stereocenters. The minimum Gasteiger partial charge on any atom is -0.170 e. The molecular formula is C10H21N+. The van der Waals surface area contributed by atoms with Gasteiger partial charge >= 0.3 is 0 Å². The SMILES string of the molecule is CCCC[N+]1CCCCCC1. The Labute approximate surface area is 70.8 Å². The molecule has 0 unspecified atom stereocenters. The third-order valence-corrected chi connectivity index (χ3v) is 2.53. The van der Waals surface area contributed by atoms with Crippen molar-refractivity contribution in [3.05, 3.63) is 0 Å². The van der Waals surface area contributed by atoms with E-state index < -0.39 is 0 Å². The van der Waals surface area contributed by atoms with Crippen LogP contribution in [0.15, 0.2) is 0 Å². The fourth-order valence-electron chi connectivity index (χ4n) is 1.74. The highest BCUT2D eigenvalue weighted by Gasteiger charge is 2.15. The Hall–Kier alpha value is -0.0400. The fraction of sp³-hybridized carbons (Fsp3) is 1.00. The maximum absolute atomic E-state index is 2.64. The van der Waals surface area contributed by atoms with Crippen LogP contribution in [0.2, 0.25) is 0 Å². The summed E-state index contributed by atoms with van der Waals surface area (Å²) >= 11 is 0. The number of likely N-dealkylation sites (tertiary alicyclic amines) is 1. The number of rotatable bonds is 3. The van der Waals surface area contributed by atoms with Gasteiger partial charge in [0.15, 0.2) is 0 Å². The second-order valence-corrected chi connectivity index (χ2v) is 3.61. The molecular weight excluding hydrogens is 134 g/mol. The summed E-state index contributed by atoms with van der Waals surface area (Å²) in [6.07, 6.45) is 8.52. The van der Waals surface area contributed by atoms with Crippen molar-refractivity contribution in [2.75, 3.05) is 19.6 Å². The van der Waals surface area contributed by atoms with Crippen LogP contribution in [-0.4, -0.2) is 19.6 Å². The van der Waals surface area contributed by atoms with Crippen molar-refractivity contribution in [3.63, 3.8) is 0 Å². The maximum Gasteiger partial charge on any atom is 0.122 e. The molecule has 0 aromatic carbocycles. The van der Waals surface area contributed by atoms with E-state index in [1.807, 2.05) is 0 Å². The summed E-state index contributed by atoms with van der Waals surface area (Å²) in [4.78, 5) is 2.64. The van der Waals surface area contributed by atoms with Crippen LogP contribution in [0.25, 0.3) is 0 Å². The van der Waals surface area contributed by atoms with Gasteiger partial charge in [0.2, 0.25) is 0 Å². The molecule has 0 saturated carbocycles. The van der Waals surface area contributed by atoms with E-state index in [1.54, 1.807) is 0 Å². The van der Waals surface area contributed by atoms with E-state index in [-0.39, 0.29) is 0 Å². The molecule has 0 bridgehead atoms. The first-order chi connectivity index (χ1) is 5.43. The molecule has 1 nitrogen and oxygen atoms in total. The van der Waals surface area contributed by atoms with Crippen LogP contribution in [0.3, 0.4) is 0 Å². The number of nitrogens with zero attached hydrogens (tertiary/aromatic N) is 1. The molecule has 65 valence electrons. The Balaban J connectivity index is 2.09. The Morgan fingerprint density at radius 1 is 1.00 bits per heavy atom. The van der Waals surface area contributed by atoms with Gasteiger partial charge in [-0.3, -0.25) is 0 Å². The van der Waals surface area contributed by atoms with Crippen LogP contribution in [0.4, 0.5) is 0 Å². The number of hydrogen-bond acceptors (Lipinski definition) is 1. The first-order valence-corrected chi connectivity index (χ1v) is 5.16. The normalized spacial score (nSPS) is 21.5. The Morgan fingerprint density at radius 2 is 1.64 bits per heavy atom. The minimum atomic E-state index is 1.34. The van der Waals surface area contributed by atoms with Crippen LogP contribution < -0.4 is 4.90 Å². The average molecular weight is 155 g/mol. The molecule has 1 saturated heterocycles. The third-order valence-electron chi connectivity index (χ3n) is 2.53. The standard InChI is InChI=1S/C10H21N/c1-2-3-8-11-9-6-4-5-7-10-11/h2-10H2,1H3/q+1. The van der Waals surface area contributed by atoms with Gasteiger partial charge in [-0.1, -0.05) is 13.3 Å². The molecule has 0 amide bonds. The van der Waals surface area contributed by atoms with Crippen molar-refractivity contribution < 1.29 is 0 Å². The highest BCUT2D eigenvalue weighted by molar-refractivity contribution is 4.67. The summed E-state index contributed by atoms with van der Waals surface area (Å²) in [7, 11) is 0. The van der Waals surface area contributed by atoms with Gasteiger partial charge in [0.25, 0.3) is 0 Å². The van der Waals surface area contributed by atoms with Crippen LogP contribution >= 0.6 is 0 Å². The molecule has 1 aliphatic heterocycles. The molecule has 0 aliphatic carbocycles. The van der Waals surface area contributed by atoms with E-state index in [1.165, 1.54) is 58.2 Å². The highest BCUT2D eigenvalue weighted by atomic mass is 15.1. The number of unbranched alkanes of at least 4 members (excludes halogenated alkanes) is 1. The quantitative estimate of drug-likeness (QED) is 0.552. The molecule has 0 aromatic rings. The number of hydrogen-bond donors (Lipinski definition) is 0. The lowest BCUT2D eigenvalue weighted by Crippen LogP contribution is -2.31. The maximum atomic E-state index is 2.64. The third kappa shape index (κ3) is 3.76. The predicted molar refractivity (Wildman–Crippen MR) is 50.1 cm³/mol. The zero-order valence-electron chi connectivity index (χ0n) is 7.81. The lowest BCUT2D eigenvalue weighted by Gasteiger charge is -2.07. The highest BCUT2D eigenvalue weighted by Crippen LogP contribution is 2.07. The average Bonchev–Trinajstić information content (AvgIpc) is 2.28. The molecule has 0 spiro atoms. The molecule has 0 aromatic heterocycles. The topological polar surface area (TPSA) is 5.90 Å². The van der Waals surface area contributed by atoms with E-state index in [0.29, 0.717) is 0 Å². The zero-order valence-corrected chi connectivity index (χ0v) is 7.81. The second kappa shape index (κ2) is 5.59. The Kier molecular flexibility index (Phi) is 4.60. The minimum absolute atomic E-state index is 1.34. The van der Waals surface area contributed by atoms with E-state index in [4.69, 9.17) is 0 Å². The van der Waals surface area contributed by atoms with Crippen LogP contribution in [-0.2, 0) is 0 Å². The van der Waals surface area contributed by atoms with E-state index >= 15 is 0 Å². The van der Waals surface area contributed by atoms with Gasteiger partial charge in [0, 0.05) is 19.3 Å². The van der Waals surface area contributed by atoms with Crippen LogP contribution in [0.5, 0.6) is 0 Å². The summed E-state index contributed by atoms with van der Waals surface area (Å²) in [5.41, 5.74) is 0. The summed E-state index contributed by atoms with van der Waals surface area (Å²) < 4.78 is 0. The van der Waals surface area contributed by atoms with Crippen LogP contribution in [0, 0.1) is 0 Å². The molecule has 1 heteroatoms. The van der Waals surface area contributed by atoms with Crippen molar-refractivity contribution in [1.82, 2.24) is 4.90 Å². The second-order valence-electron chi connectivity index (χ2n) is 3.61. The first-order valence-electron chi connectivity index (χ1n) is 5.16. The van der Waals surface area contributed by atoms with Crippen molar-refractivity contribution in [1.29, 1.82) is 0 Å². The van der Waals surface area contributed by atoms with Crippen LogP contribution in [0.1, 0.15) is 45.4 Å². The zero-order chi connectivity index (χ0) is 7.94. The van der Waals surface area contributed by atoms with Gasteiger partial charge in [-0.25, -0.2) is 0 Å². The summed E-state index contributed by atoms with van der Waals surface area (Å²) in [6, 6.07) is 0. The van der Waals surface area contributed by atoms with Crippen molar-refractivity contribution in [2.24, 2.45) is 0 Å². The lowest BCUT2D eigenvalue weighted by molar-refractivity contribution is 0.410. The molecule has 11 heavy (non-hydrogen) atoms. The van der Waals surface area contributed by atoms with E-state index in [9.17, 15) is 0 Å². The Morgan fingerprint density at radius 3 is 2.18 bits per heavy atom. The van der Waals surface area contributed by atoms with E-state index in [2.05, 4.69) is 11.8 Å². The molecule has 1 aliphatic rings. The molecule has 1 rings (SSSR count). The summed E-state index contributed by atoms with van der Waals surface area (Å²) in [5, 5.41) is 0. The van der Waals surface area contributed by atoms with Gasteiger partial charge in [-0.15, -0.1) is 0 Å². The lowest BCUT2D eigenvalue weighted by atomic mass is 10.2. The van der Waals surface area contributed by atoms with Gasteiger partial charge in [0.05, 0.1) is 0 Å². The molecule has 1 heterocycles. The predicted octanol–water partition coefficient (Wildman–Crippen LogP) is 2.50. The van der Waals surface area contributed by atoms with Gasteiger partial charge < -0.3 is 0 Å². The molecule has 0 N–H and O–H groups in total. The van der Waals surface area contributed by atoms with Gasteiger partial charge in [-0.05, 0) is 12.8 Å². The Bertz CT molecular complexity index is 82.9.